The van der Waals surface area contributed by atoms with E-state index in [1.165, 1.54) is 54.0 Å². The Hall–Kier alpha value is -1.39. The molecule has 1 heterocycles. The average Bonchev–Trinajstić information content (AvgIpc) is 2.89. The van der Waals surface area contributed by atoms with Gasteiger partial charge in [-0.25, -0.2) is 4.98 Å². The normalized spacial score (nSPS) is 16.4. The number of hydrogen-bond acceptors (Lipinski definition) is 4. The van der Waals surface area contributed by atoms with Crippen LogP contribution < -0.4 is 10.1 Å². The maximum Gasteiger partial charge on any atom is 0.119 e. The van der Waals surface area contributed by atoms with Crippen molar-refractivity contribution in [3.63, 3.8) is 0 Å². The van der Waals surface area contributed by atoms with Gasteiger partial charge >= 0.3 is 0 Å². The van der Waals surface area contributed by atoms with Crippen LogP contribution in [0.2, 0.25) is 0 Å². The Morgan fingerprint density at radius 2 is 2.05 bits per heavy atom. The first-order valence-electron chi connectivity index (χ1n) is 8.17. The van der Waals surface area contributed by atoms with Crippen molar-refractivity contribution in [1.29, 1.82) is 0 Å². The second-order valence-electron chi connectivity index (χ2n) is 5.92. The highest BCUT2D eigenvalue weighted by atomic mass is 32.1. The summed E-state index contributed by atoms with van der Waals surface area (Å²) < 4.78 is 5.29. The number of nitrogens with one attached hydrogen (secondary N) is 1. The maximum absolute atomic E-state index is 5.29. The molecule has 1 aliphatic rings. The third-order valence-corrected chi connectivity index (χ3v) is 5.35. The molecule has 0 amide bonds. The molecule has 1 fully saturated rings. The van der Waals surface area contributed by atoms with E-state index in [1.54, 1.807) is 18.4 Å². The summed E-state index contributed by atoms with van der Waals surface area (Å²) in [6.45, 7) is 0.888. The number of aromatic nitrogens is 1. The van der Waals surface area contributed by atoms with Crippen LogP contribution >= 0.6 is 11.3 Å². The number of hydrogen-bond donors (Lipinski definition) is 1. The van der Waals surface area contributed by atoms with Crippen LogP contribution in [0.5, 0.6) is 5.75 Å². The number of rotatable bonds is 5. The molecular formula is C18H24N2OS. The number of thiazole rings is 1. The quantitative estimate of drug-likeness (QED) is 0.817. The zero-order valence-electron chi connectivity index (χ0n) is 13.2. The smallest absolute Gasteiger partial charge is 0.119 e. The lowest BCUT2D eigenvalue weighted by molar-refractivity contribution is 0.415. The van der Waals surface area contributed by atoms with Gasteiger partial charge in [0.2, 0.25) is 0 Å². The zero-order valence-corrected chi connectivity index (χ0v) is 14.0. The predicted molar refractivity (Wildman–Crippen MR) is 92.4 cm³/mol. The van der Waals surface area contributed by atoms with Crippen molar-refractivity contribution in [2.75, 3.05) is 7.11 Å². The van der Waals surface area contributed by atoms with Gasteiger partial charge in [0.25, 0.3) is 0 Å². The minimum absolute atomic E-state index is 0.673. The van der Waals surface area contributed by atoms with Crippen molar-refractivity contribution in [3.8, 4) is 16.2 Å². The summed E-state index contributed by atoms with van der Waals surface area (Å²) in [5.74, 6) is 0.893. The summed E-state index contributed by atoms with van der Waals surface area (Å²) in [6, 6.07) is 8.84. The molecule has 118 valence electrons. The van der Waals surface area contributed by atoms with Gasteiger partial charge in [-0.3, -0.25) is 0 Å². The molecular weight excluding hydrogens is 292 g/mol. The minimum Gasteiger partial charge on any atom is -0.497 e. The van der Waals surface area contributed by atoms with E-state index in [1.807, 2.05) is 18.3 Å². The van der Waals surface area contributed by atoms with E-state index >= 15 is 0 Å². The lowest BCUT2D eigenvalue weighted by Gasteiger charge is -2.14. The molecule has 0 unspecified atom stereocenters. The fourth-order valence-corrected chi connectivity index (χ4v) is 3.88. The Kier molecular flexibility index (Phi) is 5.46. The molecule has 0 aliphatic heterocycles. The lowest BCUT2D eigenvalue weighted by atomic mass is 10.1. The fraction of sp³-hybridized carbons (Fsp3) is 0.500. The molecule has 0 radical (unpaired) electrons. The van der Waals surface area contributed by atoms with Crippen LogP contribution in [-0.2, 0) is 6.54 Å². The van der Waals surface area contributed by atoms with E-state index in [4.69, 9.17) is 4.74 Å². The molecule has 2 aromatic rings. The van der Waals surface area contributed by atoms with Crippen molar-refractivity contribution < 1.29 is 4.74 Å². The molecule has 1 aliphatic carbocycles. The summed E-state index contributed by atoms with van der Waals surface area (Å²) in [5.41, 5.74) is 1.18. The van der Waals surface area contributed by atoms with Gasteiger partial charge in [-0.05, 0) is 30.5 Å². The van der Waals surface area contributed by atoms with E-state index in [9.17, 15) is 0 Å². The van der Waals surface area contributed by atoms with Gasteiger partial charge in [-0.15, -0.1) is 11.3 Å². The largest absolute Gasteiger partial charge is 0.497 e. The molecule has 4 heteroatoms. The van der Waals surface area contributed by atoms with Crippen LogP contribution in [0.15, 0.2) is 30.5 Å². The van der Waals surface area contributed by atoms with E-state index in [0.29, 0.717) is 6.04 Å². The van der Waals surface area contributed by atoms with Gasteiger partial charge in [-0.1, -0.05) is 37.8 Å². The highest BCUT2D eigenvalue weighted by Gasteiger charge is 2.12. The summed E-state index contributed by atoms with van der Waals surface area (Å²) >= 11 is 1.77. The Morgan fingerprint density at radius 3 is 2.82 bits per heavy atom. The van der Waals surface area contributed by atoms with Crippen molar-refractivity contribution >= 4 is 11.3 Å². The molecule has 0 atom stereocenters. The fourth-order valence-electron chi connectivity index (χ4n) is 3.02. The maximum atomic E-state index is 5.29. The summed E-state index contributed by atoms with van der Waals surface area (Å²) in [4.78, 5) is 5.78. The third kappa shape index (κ3) is 4.08. The first kappa shape index (κ1) is 15.5. The van der Waals surface area contributed by atoms with Gasteiger partial charge in [0.15, 0.2) is 0 Å². The standard InChI is InChI=1S/C18H24N2OS/c1-21-16-10-6-7-14(11-16)17-12-20-18(22-17)13-19-15-8-4-2-3-5-9-15/h6-7,10-12,15,19H,2-5,8-9,13H2,1H3. The molecule has 0 bridgehead atoms. The number of nitrogens with zero attached hydrogens (tertiary/aromatic N) is 1. The first-order valence-corrected chi connectivity index (χ1v) is 8.99. The Bertz CT molecular complexity index is 588. The van der Waals surface area contributed by atoms with Crippen LogP contribution in [0.4, 0.5) is 0 Å². The zero-order chi connectivity index (χ0) is 15.2. The number of methoxy groups -OCH3 is 1. The monoisotopic (exact) mass is 316 g/mol. The van der Waals surface area contributed by atoms with Crippen molar-refractivity contribution in [3.05, 3.63) is 35.5 Å². The summed E-state index contributed by atoms with van der Waals surface area (Å²) in [6.07, 6.45) is 10.1. The first-order chi connectivity index (χ1) is 10.8. The van der Waals surface area contributed by atoms with E-state index in [-0.39, 0.29) is 0 Å². The van der Waals surface area contributed by atoms with Crippen LogP contribution in [0.1, 0.15) is 43.5 Å². The molecule has 0 saturated heterocycles. The van der Waals surface area contributed by atoms with Gasteiger partial charge in [0, 0.05) is 18.8 Å². The molecule has 1 aromatic heterocycles. The second kappa shape index (κ2) is 7.75. The molecule has 3 nitrogen and oxygen atoms in total. The number of benzene rings is 1. The molecule has 1 saturated carbocycles. The summed E-state index contributed by atoms with van der Waals surface area (Å²) in [7, 11) is 1.70. The van der Waals surface area contributed by atoms with E-state index in [0.717, 1.165) is 12.3 Å². The van der Waals surface area contributed by atoms with Gasteiger partial charge in [-0.2, -0.15) is 0 Å². The van der Waals surface area contributed by atoms with Crippen LogP contribution in [0, 0.1) is 0 Å². The van der Waals surface area contributed by atoms with Crippen LogP contribution in [0.25, 0.3) is 10.4 Å². The average molecular weight is 316 g/mol. The number of ether oxygens (including phenoxy) is 1. The Balaban J connectivity index is 1.60. The second-order valence-corrected chi connectivity index (χ2v) is 7.03. The lowest BCUT2D eigenvalue weighted by Crippen LogP contribution is -2.27. The van der Waals surface area contributed by atoms with Crippen molar-refractivity contribution in [2.24, 2.45) is 0 Å². The minimum atomic E-state index is 0.673. The molecule has 1 aromatic carbocycles. The topological polar surface area (TPSA) is 34.1 Å². The van der Waals surface area contributed by atoms with E-state index in [2.05, 4.69) is 22.4 Å². The van der Waals surface area contributed by atoms with E-state index < -0.39 is 0 Å². The third-order valence-electron chi connectivity index (χ3n) is 4.30. The van der Waals surface area contributed by atoms with Gasteiger partial charge < -0.3 is 10.1 Å². The van der Waals surface area contributed by atoms with Crippen molar-refractivity contribution in [1.82, 2.24) is 10.3 Å². The molecule has 1 N–H and O–H groups in total. The van der Waals surface area contributed by atoms with Gasteiger partial charge in [0.05, 0.1) is 12.0 Å². The van der Waals surface area contributed by atoms with Crippen molar-refractivity contribution in [2.45, 2.75) is 51.1 Å². The Labute approximate surface area is 136 Å². The van der Waals surface area contributed by atoms with Gasteiger partial charge in [0.1, 0.15) is 10.8 Å². The molecule has 0 spiro atoms. The predicted octanol–water partition coefficient (Wildman–Crippen LogP) is 4.63. The highest BCUT2D eigenvalue weighted by Crippen LogP contribution is 2.29. The summed E-state index contributed by atoms with van der Waals surface area (Å²) in [5, 5.41) is 4.86. The Morgan fingerprint density at radius 1 is 1.23 bits per heavy atom. The van der Waals surface area contributed by atoms with Crippen LogP contribution in [0.3, 0.4) is 0 Å². The van der Waals surface area contributed by atoms with Crippen LogP contribution in [-0.4, -0.2) is 18.1 Å². The molecule has 3 rings (SSSR count). The highest BCUT2D eigenvalue weighted by molar-refractivity contribution is 7.15. The SMILES string of the molecule is COc1cccc(-c2cnc(CNC3CCCCCC3)s2)c1. The molecule has 22 heavy (non-hydrogen) atoms.